The minimum absolute atomic E-state index is 0.391. The average Bonchev–Trinajstić information content (AvgIpc) is 2.77. The molecule has 0 bridgehead atoms. The summed E-state index contributed by atoms with van der Waals surface area (Å²) in [5, 5.41) is 14.1. The second kappa shape index (κ2) is 8.16. The maximum atomic E-state index is 11.6. The number of rotatable bonds is 7. The van der Waals surface area contributed by atoms with Crippen LogP contribution in [0.4, 0.5) is 4.79 Å². The van der Waals surface area contributed by atoms with Gasteiger partial charge in [0.2, 0.25) is 0 Å². The molecule has 19 heavy (non-hydrogen) atoms. The molecule has 1 rings (SSSR count). The van der Waals surface area contributed by atoms with Gasteiger partial charge in [0.15, 0.2) is 0 Å². The molecule has 3 N–H and O–H groups in total. The Morgan fingerprint density at radius 2 is 2.21 bits per heavy atom. The first-order valence-corrected chi connectivity index (χ1v) is 7.65. The Bertz CT molecular complexity index is 436. The number of carbonyl (C=O) groups is 2. The van der Waals surface area contributed by atoms with Crippen LogP contribution in [-0.4, -0.2) is 23.1 Å². The third-order valence-electron chi connectivity index (χ3n) is 2.50. The third kappa shape index (κ3) is 6.07. The van der Waals surface area contributed by atoms with Gasteiger partial charge in [0.1, 0.15) is 6.04 Å². The molecule has 0 aliphatic carbocycles. The van der Waals surface area contributed by atoms with E-state index >= 15 is 0 Å². The number of carboxylic acids is 1. The molecule has 1 heterocycles. The molecule has 7 heteroatoms. The van der Waals surface area contributed by atoms with Crippen LogP contribution < -0.4 is 10.6 Å². The van der Waals surface area contributed by atoms with Gasteiger partial charge in [-0.25, -0.2) is 9.59 Å². The Balaban J connectivity index is 2.37. The summed E-state index contributed by atoms with van der Waals surface area (Å²) in [6, 6.07) is 2.53. The van der Waals surface area contributed by atoms with Crippen molar-refractivity contribution in [2.45, 2.75) is 38.8 Å². The highest BCUT2D eigenvalue weighted by Gasteiger charge is 2.18. The molecular formula is C12H17BrN2O3S. The Morgan fingerprint density at radius 3 is 2.74 bits per heavy atom. The van der Waals surface area contributed by atoms with E-state index < -0.39 is 18.0 Å². The molecule has 1 unspecified atom stereocenters. The molecule has 106 valence electrons. The molecule has 1 atom stereocenters. The number of urea groups is 1. The lowest BCUT2D eigenvalue weighted by molar-refractivity contribution is -0.139. The van der Waals surface area contributed by atoms with Crippen LogP contribution in [0.25, 0.3) is 0 Å². The number of carbonyl (C=O) groups excluding carboxylic acids is 1. The summed E-state index contributed by atoms with van der Waals surface area (Å²) in [5.41, 5.74) is 0. The van der Waals surface area contributed by atoms with Crippen molar-refractivity contribution in [2.75, 3.05) is 0 Å². The van der Waals surface area contributed by atoms with Crippen LogP contribution in [0.15, 0.2) is 15.9 Å². The van der Waals surface area contributed by atoms with Crippen molar-refractivity contribution in [3.63, 3.8) is 0 Å². The number of unbranched alkanes of at least 4 members (excludes halogenated alkanes) is 1. The van der Waals surface area contributed by atoms with Gasteiger partial charge in [-0.3, -0.25) is 0 Å². The van der Waals surface area contributed by atoms with E-state index in [2.05, 4.69) is 26.6 Å². The van der Waals surface area contributed by atoms with Crippen molar-refractivity contribution in [2.24, 2.45) is 0 Å². The molecule has 0 aromatic carbocycles. The smallest absolute Gasteiger partial charge is 0.326 e. The van der Waals surface area contributed by atoms with Crippen molar-refractivity contribution >= 4 is 39.3 Å². The fourth-order valence-corrected chi connectivity index (χ4v) is 2.91. The predicted octanol–water partition coefficient (Wildman–Crippen LogP) is 2.95. The molecule has 0 fully saturated rings. The van der Waals surface area contributed by atoms with E-state index in [0.717, 1.165) is 21.5 Å². The zero-order chi connectivity index (χ0) is 14.3. The Morgan fingerprint density at radius 1 is 1.47 bits per heavy atom. The van der Waals surface area contributed by atoms with Crippen molar-refractivity contribution in [1.82, 2.24) is 10.6 Å². The van der Waals surface area contributed by atoms with Gasteiger partial charge in [0.05, 0.1) is 10.3 Å². The first kappa shape index (κ1) is 16.0. The van der Waals surface area contributed by atoms with Crippen LogP contribution in [0.1, 0.15) is 31.1 Å². The lowest BCUT2D eigenvalue weighted by atomic mass is 10.1. The average molecular weight is 349 g/mol. The van der Waals surface area contributed by atoms with E-state index in [0.29, 0.717) is 13.0 Å². The maximum Gasteiger partial charge on any atom is 0.326 e. The first-order valence-electron chi connectivity index (χ1n) is 6.04. The molecule has 0 aliphatic rings. The highest BCUT2D eigenvalue weighted by molar-refractivity contribution is 9.11. The summed E-state index contributed by atoms with van der Waals surface area (Å²) in [6.07, 6.45) is 2.12. The van der Waals surface area contributed by atoms with Gasteiger partial charge in [0.25, 0.3) is 0 Å². The summed E-state index contributed by atoms with van der Waals surface area (Å²) in [6.45, 7) is 2.37. The Labute approximate surface area is 124 Å². The van der Waals surface area contributed by atoms with Gasteiger partial charge >= 0.3 is 12.0 Å². The first-order chi connectivity index (χ1) is 9.02. The highest BCUT2D eigenvalue weighted by atomic mass is 79.9. The van der Waals surface area contributed by atoms with E-state index in [9.17, 15) is 9.59 Å². The topological polar surface area (TPSA) is 78.4 Å². The molecule has 0 saturated carbocycles. The van der Waals surface area contributed by atoms with Gasteiger partial charge in [0, 0.05) is 4.88 Å². The van der Waals surface area contributed by atoms with E-state index in [1.807, 2.05) is 19.1 Å². The van der Waals surface area contributed by atoms with Crippen LogP contribution in [0.3, 0.4) is 0 Å². The molecule has 0 spiro atoms. The number of halogens is 1. The molecular weight excluding hydrogens is 332 g/mol. The number of hydrogen-bond acceptors (Lipinski definition) is 3. The number of carboxylic acid groups (broad SMARTS) is 1. The zero-order valence-corrected chi connectivity index (χ0v) is 13.0. The minimum atomic E-state index is -0.998. The fraction of sp³-hybridized carbons (Fsp3) is 0.500. The standard InChI is InChI=1S/C12H17BrN2O3S/c1-2-3-4-9(11(16)17)15-12(18)14-7-8-5-6-10(13)19-8/h5-6,9H,2-4,7H2,1H3,(H,16,17)(H2,14,15,18). The van der Waals surface area contributed by atoms with Crippen LogP contribution in [-0.2, 0) is 11.3 Å². The summed E-state index contributed by atoms with van der Waals surface area (Å²) in [7, 11) is 0. The second-order valence-electron chi connectivity index (χ2n) is 4.07. The van der Waals surface area contributed by atoms with Crippen molar-refractivity contribution in [3.8, 4) is 0 Å². The zero-order valence-electron chi connectivity index (χ0n) is 10.6. The monoisotopic (exact) mass is 348 g/mol. The van der Waals surface area contributed by atoms with Crippen LogP contribution in [0.2, 0.25) is 0 Å². The second-order valence-corrected chi connectivity index (χ2v) is 6.61. The summed E-state index contributed by atoms with van der Waals surface area (Å²) in [4.78, 5) is 23.6. The number of hydrogen-bond donors (Lipinski definition) is 3. The van der Waals surface area contributed by atoms with Gasteiger partial charge in [-0.15, -0.1) is 11.3 Å². The van der Waals surface area contributed by atoms with E-state index in [1.165, 1.54) is 11.3 Å². The van der Waals surface area contributed by atoms with E-state index in [-0.39, 0.29) is 0 Å². The molecule has 5 nitrogen and oxygen atoms in total. The van der Waals surface area contributed by atoms with E-state index in [4.69, 9.17) is 5.11 Å². The van der Waals surface area contributed by atoms with Crippen molar-refractivity contribution in [3.05, 3.63) is 20.8 Å². The van der Waals surface area contributed by atoms with Crippen molar-refractivity contribution in [1.29, 1.82) is 0 Å². The molecule has 0 aliphatic heterocycles. The predicted molar refractivity (Wildman–Crippen MR) is 78.3 cm³/mol. The van der Waals surface area contributed by atoms with Crippen molar-refractivity contribution < 1.29 is 14.7 Å². The van der Waals surface area contributed by atoms with Gasteiger partial charge in [-0.05, 0) is 34.5 Å². The van der Waals surface area contributed by atoms with Gasteiger partial charge in [-0.1, -0.05) is 19.8 Å². The largest absolute Gasteiger partial charge is 0.480 e. The maximum absolute atomic E-state index is 11.6. The summed E-state index contributed by atoms with van der Waals surface area (Å²) in [5.74, 6) is -0.998. The molecule has 0 radical (unpaired) electrons. The van der Waals surface area contributed by atoms with Gasteiger partial charge < -0.3 is 15.7 Å². The number of aliphatic carboxylic acids is 1. The normalized spacial score (nSPS) is 11.9. The Hall–Kier alpha value is -1.08. The summed E-state index contributed by atoms with van der Waals surface area (Å²) < 4.78 is 0.996. The minimum Gasteiger partial charge on any atom is -0.480 e. The fourth-order valence-electron chi connectivity index (χ4n) is 1.49. The molecule has 2 amide bonds. The van der Waals surface area contributed by atoms with Crippen LogP contribution in [0, 0.1) is 0 Å². The lowest BCUT2D eigenvalue weighted by Gasteiger charge is -2.14. The molecule has 1 aromatic rings. The quantitative estimate of drug-likeness (QED) is 0.708. The third-order valence-corrected chi connectivity index (χ3v) is 4.13. The van der Waals surface area contributed by atoms with Crippen LogP contribution >= 0.6 is 27.3 Å². The Kier molecular flexibility index (Phi) is 6.86. The van der Waals surface area contributed by atoms with Gasteiger partial charge in [-0.2, -0.15) is 0 Å². The number of nitrogens with one attached hydrogen (secondary N) is 2. The van der Waals surface area contributed by atoms with E-state index in [1.54, 1.807) is 0 Å². The number of amides is 2. The van der Waals surface area contributed by atoms with Crippen LogP contribution in [0.5, 0.6) is 0 Å². The molecule has 1 aromatic heterocycles. The lowest BCUT2D eigenvalue weighted by Crippen LogP contribution is -2.45. The SMILES string of the molecule is CCCCC(NC(=O)NCc1ccc(Br)s1)C(=O)O. The summed E-state index contributed by atoms with van der Waals surface area (Å²) >= 11 is 4.87. The highest BCUT2D eigenvalue weighted by Crippen LogP contribution is 2.21. The number of thiophene rings is 1. The molecule has 0 saturated heterocycles.